The third-order valence-corrected chi connectivity index (χ3v) is 3.30. The number of hydrogen-bond acceptors (Lipinski definition) is 2. The van der Waals surface area contributed by atoms with Gasteiger partial charge in [-0.1, -0.05) is 0 Å². The zero-order chi connectivity index (χ0) is 13.3. The molecule has 0 bridgehead atoms. The van der Waals surface area contributed by atoms with Crippen LogP contribution in [0.25, 0.3) is 10.9 Å². The Kier molecular flexibility index (Phi) is 3.41. The van der Waals surface area contributed by atoms with Crippen LogP contribution in [0.1, 0.15) is 24.5 Å². The van der Waals surface area contributed by atoms with Crippen LogP contribution in [0.2, 0.25) is 0 Å². The van der Waals surface area contributed by atoms with Gasteiger partial charge >= 0.3 is 0 Å². The summed E-state index contributed by atoms with van der Waals surface area (Å²) < 4.78 is 7.44. The standard InChI is InChI=1S/C15H19NO2/c1-10-7-13(18-4)8-14-12(6-5-11(2)17)9-16(3)15(10)14/h7-9H,5-6H2,1-4H3. The van der Waals surface area contributed by atoms with E-state index in [-0.39, 0.29) is 5.78 Å². The summed E-state index contributed by atoms with van der Waals surface area (Å²) in [5.41, 5.74) is 3.62. The molecule has 0 spiro atoms. The second-order valence-corrected chi connectivity index (χ2v) is 4.81. The molecule has 3 heteroatoms. The van der Waals surface area contributed by atoms with Crippen LogP contribution < -0.4 is 4.74 Å². The molecule has 0 aliphatic heterocycles. The summed E-state index contributed by atoms with van der Waals surface area (Å²) in [6, 6.07) is 4.09. The lowest BCUT2D eigenvalue weighted by atomic mass is 10.0. The molecule has 18 heavy (non-hydrogen) atoms. The minimum atomic E-state index is 0.228. The van der Waals surface area contributed by atoms with E-state index >= 15 is 0 Å². The number of ketones is 1. The van der Waals surface area contributed by atoms with E-state index in [1.54, 1.807) is 14.0 Å². The third-order valence-electron chi connectivity index (χ3n) is 3.30. The van der Waals surface area contributed by atoms with Crippen LogP contribution >= 0.6 is 0 Å². The molecule has 96 valence electrons. The highest BCUT2D eigenvalue weighted by Gasteiger charge is 2.11. The largest absolute Gasteiger partial charge is 0.497 e. The van der Waals surface area contributed by atoms with Crippen LogP contribution in [0.4, 0.5) is 0 Å². The first kappa shape index (κ1) is 12.7. The van der Waals surface area contributed by atoms with Crippen LogP contribution in [0, 0.1) is 6.92 Å². The summed E-state index contributed by atoms with van der Waals surface area (Å²) in [5, 5.41) is 1.19. The zero-order valence-electron chi connectivity index (χ0n) is 11.4. The molecular formula is C15H19NO2. The molecule has 3 nitrogen and oxygen atoms in total. The summed E-state index contributed by atoms with van der Waals surface area (Å²) in [4.78, 5) is 11.1. The molecule has 1 aromatic carbocycles. The first-order valence-corrected chi connectivity index (χ1v) is 6.15. The van der Waals surface area contributed by atoms with E-state index in [0.29, 0.717) is 6.42 Å². The Hall–Kier alpha value is -1.77. The van der Waals surface area contributed by atoms with Crippen molar-refractivity contribution in [1.82, 2.24) is 4.57 Å². The monoisotopic (exact) mass is 245 g/mol. The molecule has 0 fully saturated rings. The molecule has 0 radical (unpaired) electrons. The maximum atomic E-state index is 11.1. The van der Waals surface area contributed by atoms with Crippen molar-refractivity contribution >= 4 is 16.7 Å². The maximum Gasteiger partial charge on any atom is 0.130 e. The van der Waals surface area contributed by atoms with Crippen LogP contribution in [0.5, 0.6) is 5.75 Å². The molecule has 2 rings (SSSR count). The molecule has 2 aromatic rings. The third kappa shape index (κ3) is 2.26. The first-order valence-electron chi connectivity index (χ1n) is 6.15. The van der Waals surface area contributed by atoms with E-state index < -0.39 is 0 Å². The van der Waals surface area contributed by atoms with E-state index in [1.165, 1.54) is 22.0 Å². The van der Waals surface area contributed by atoms with E-state index in [9.17, 15) is 4.79 Å². The fourth-order valence-electron chi connectivity index (χ4n) is 2.46. The molecular weight excluding hydrogens is 226 g/mol. The number of aromatic nitrogens is 1. The van der Waals surface area contributed by atoms with Crippen LogP contribution in [0.15, 0.2) is 18.3 Å². The second kappa shape index (κ2) is 4.84. The van der Waals surface area contributed by atoms with Crippen LogP contribution in [-0.4, -0.2) is 17.5 Å². The molecule has 1 heterocycles. The van der Waals surface area contributed by atoms with E-state index in [1.807, 2.05) is 13.1 Å². The van der Waals surface area contributed by atoms with E-state index in [4.69, 9.17) is 4.74 Å². The molecule has 0 atom stereocenters. The topological polar surface area (TPSA) is 31.2 Å². The van der Waals surface area contributed by atoms with Crippen molar-refractivity contribution in [2.45, 2.75) is 26.7 Å². The van der Waals surface area contributed by atoms with Gasteiger partial charge in [-0.3, -0.25) is 0 Å². The van der Waals surface area contributed by atoms with Crippen molar-refractivity contribution < 1.29 is 9.53 Å². The Labute approximate surface area is 107 Å². The normalized spacial score (nSPS) is 10.9. The average Bonchev–Trinajstić information content (AvgIpc) is 2.63. The molecule has 0 N–H and O–H groups in total. The van der Waals surface area contributed by atoms with Crippen LogP contribution in [0.3, 0.4) is 0 Å². The Morgan fingerprint density at radius 2 is 2.11 bits per heavy atom. The van der Waals surface area contributed by atoms with Crippen molar-refractivity contribution in [2.75, 3.05) is 7.11 Å². The Morgan fingerprint density at radius 3 is 2.72 bits per heavy atom. The number of ether oxygens (including phenoxy) is 1. The maximum absolute atomic E-state index is 11.1. The Morgan fingerprint density at radius 1 is 1.39 bits per heavy atom. The molecule has 0 amide bonds. The number of fused-ring (bicyclic) bond motifs is 1. The fraction of sp³-hybridized carbons (Fsp3) is 0.400. The number of methoxy groups -OCH3 is 1. The smallest absolute Gasteiger partial charge is 0.130 e. The van der Waals surface area contributed by atoms with Gasteiger partial charge in [-0.15, -0.1) is 0 Å². The lowest BCUT2D eigenvalue weighted by molar-refractivity contribution is -0.116. The summed E-state index contributed by atoms with van der Waals surface area (Å²) in [5.74, 6) is 1.10. The quantitative estimate of drug-likeness (QED) is 0.829. The summed E-state index contributed by atoms with van der Waals surface area (Å²) >= 11 is 0. The predicted molar refractivity (Wildman–Crippen MR) is 73.2 cm³/mol. The summed E-state index contributed by atoms with van der Waals surface area (Å²) in [6.07, 6.45) is 3.49. The number of Topliss-reactive ketones (excluding diaryl/α,β-unsaturated/α-hetero) is 1. The molecule has 0 saturated carbocycles. The van der Waals surface area contributed by atoms with Gasteiger partial charge in [0.15, 0.2) is 0 Å². The minimum absolute atomic E-state index is 0.228. The summed E-state index contributed by atoms with van der Waals surface area (Å²) in [6.45, 7) is 3.72. The second-order valence-electron chi connectivity index (χ2n) is 4.81. The minimum Gasteiger partial charge on any atom is -0.497 e. The van der Waals surface area contributed by atoms with Gasteiger partial charge in [0.1, 0.15) is 11.5 Å². The SMILES string of the molecule is COc1cc(C)c2c(c1)c(CCC(C)=O)cn2C. The number of rotatable bonds is 4. The molecule has 0 aliphatic rings. The van der Waals surface area contributed by atoms with Crippen molar-refractivity contribution in [1.29, 1.82) is 0 Å². The highest BCUT2D eigenvalue weighted by atomic mass is 16.5. The summed E-state index contributed by atoms with van der Waals surface area (Å²) in [7, 11) is 3.72. The number of hydrogen-bond donors (Lipinski definition) is 0. The van der Waals surface area contributed by atoms with Crippen molar-refractivity contribution in [3.8, 4) is 5.75 Å². The van der Waals surface area contributed by atoms with Gasteiger partial charge in [0.2, 0.25) is 0 Å². The van der Waals surface area contributed by atoms with Crippen LogP contribution in [-0.2, 0) is 18.3 Å². The van der Waals surface area contributed by atoms with E-state index in [0.717, 1.165) is 12.2 Å². The fourth-order valence-corrected chi connectivity index (χ4v) is 2.46. The van der Waals surface area contributed by atoms with Gasteiger partial charge < -0.3 is 14.1 Å². The highest BCUT2D eigenvalue weighted by molar-refractivity contribution is 5.88. The van der Waals surface area contributed by atoms with Crippen molar-refractivity contribution in [3.05, 3.63) is 29.5 Å². The van der Waals surface area contributed by atoms with Gasteiger partial charge in [0.25, 0.3) is 0 Å². The van der Waals surface area contributed by atoms with Gasteiger partial charge in [-0.05, 0) is 43.5 Å². The lowest BCUT2D eigenvalue weighted by Gasteiger charge is -2.05. The molecule has 0 unspecified atom stereocenters. The van der Waals surface area contributed by atoms with Gasteiger partial charge in [-0.25, -0.2) is 0 Å². The van der Waals surface area contributed by atoms with Crippen molar-refractivity contribution in [3.63, 3.8) is 0 Å². The first-order chi connectivity index (χ1) is 8.52. The molecule has 0 saturated heterocycles. The van der Waals surface area contributed by atoms with Crippen molar-refractivity contribution in [2.24, 2.45) is 7.05 Å². The highest BCUT2D eigenvalue weighted by Crippen LogP contribution is 2.29. The molecule has 1 aromatic heterocycles. The molecule has 0 aliphatic carbocycles. The zero-order valence-corrected chi connectivity index (χ0v) is 11.4. The average molecular weight is 245 g/mol. The van der Waals surface area contributed by atoms with E-state index in [2.05, 4.69) is 23.8 Å². The van der Waals surface area contributed by atoms with Gasteiger partial charge in [0.05, 0.1) is 12.6 Å². The Balaban J connectivity index is 2.53. The van der Waals surface area contributed by atoms with Gasteiger partial charge in [-0.2, -0.15) is 0 Å². The lowest BCUT2D eigenvalue weighted by Crippen LogP contribution is -1.93. The number of carbonyl (C=O) groups is 1. The predicted octanol–water partition coefficient (Wildman–Crippen LogP) is 3.02. The van der Waals surface area contributed by atoms with Gasteiger partial charge in [0, 0.05) is 25.1 Å². The number of benzene rings is 1. The number of carbonyl (C=O) groups excluding carboxylic acids is 1. The Bertz CT molecular complexity index is 596. The number of nitrogens with zero attached hydrogens (tertiary/aromatic N) is 1. The number of aryl methyl sites for hydroxylation is 3.